The zero-order valence-corrected chi connectivity index (χ0v) is 29.4. The molecule has 0 aromatic carbocycles. The van der Waals surface area contributed by atoms with Crippen molar-refractivity contribution in [2.75, 3.05) is 43.1 Å². The monoisotopic (exact) mass is 667 g/mol. The molecule has 12 nitrogen and oxygen atoms in total. The van der Waals surface area contributed by atoms with Gasteiger partial charge < -0.3 is 38.2 Å². The number of hydrogen-bond donors (Lipinski definition) is 0. The molecule has 0 N–H and O–H groups in total. The molecular weight excluding hydrogens is 614 g/mol. The lowest BCUT2D eigenvalue weighted by molar-refractivity contribution is -0.144. The summed E-state index contributed by atoms with van der Waals surface area (Å²) < 4.78 is 29.2. The summed E-state index contributed by atoms with van der Waals surface area (Å²) in [6.45, 7) is 12.7. The van der Waals surface area contributed by atoms with E-state index < -0.39 is 11.5 Å². The number of likely N-dealkylation sites (tertiary alicyclic amines) is 1. The van der Waals surface area contributed by atoms with E-state index in [1.165, 1.54) is 7.11 Å². The predicted octanol–water partition coefficient (Wildman–Crippen LogP) is 5.95. The van der Waals surface area contributed by atoms with E-state index in [9.17, 15) is 9.59 Å². The second kappa shape index (κ2) is 14.5. The van der Waals surface area contributed by atoms with Gasteiger partial charge in [0.1, 0.15) is 17.6 Å². The van der Waals surface area contributed by atoms with Crippen LogP contribution in [-0.2, 0) is 19.0 Å². The number of piperidine rings is 1. The first-order valence-electron chi connectivity index (χ1n) is 17.8. The van der Waals surface area contributed by atoms with Gasteiger partial charge in [0, 0.05) is 62.3 Å². The van der Waals surface area contributed by atoms with Crippen LogP contribution < -0.4 is 14.5 Å². The van der Waals surface area contributed by atoms with Gasteiger partial charge in [0.25, 0.3) is 0 Å². The molecule has 48 heavy (non-hydrogen) atoms. The van der Waals surface area contributed by atoms with Crippen molar-refractivity contribution in [3.05, 3.63) is 30.2 Å². The van der Waals surface area contributed by atoms with E-state index in [1.807, 2.05) is 51.8 Å². The van der Waals surface area contributed by atoms with Gasteiger partial charge in [-0.15, -0.1) is 0 Å². The normalized spacial score (nSPS) is 25.7. The van der Waals surface area contributed by atoms with Gasteiger partial charge in [0.15, 0.2) is 11.6 Å². The number of esters is 1. The van der Waals surface area contributed by atoms with Crippen LogP contribution in [0.1, 0.15) is 97.7 Å². The molecule has 1 saturated carbocycles. The fourth-order valence-electron chi connectivity index (χ4n) is 7.79. The Hall–Kier alpha value is -3.54. The van der Waals surface area contributed by atoms with E-state index in [0.717, 1.165) is 76.0 Å². The third-order valence-corrected chi connectivity index (χ3v) is 10.2. The Morgan fingerprint density at radius 1 is 0.917 bits per heavy atom. The van der Waals surface area contributed by atoms with E-state index in [1.54, 1.807) is 0 Å². The second-order valence-corrected chi connectivity index (χ2v) is 15.2. The minimum atomic E-state index is -0.495. The molecule has 2 aromatic heterocycles. The minimum absolute atomic E-state index is 0.0504. The Morgan fingerprint density at radius 3 is 2.19 bits per heavy atom. The van der Waals surface area contributed by atoms with Crippen molar-refractivity contribution in [1.82, 2.24) is 15.0 Å². The van der Waals surface area contributed by atoms with E-state index in [4.69, 9.17) is 23.5 Å². The van der Waals surface area contributed by atoms with Crippen LogP contribution in [0.5, 0.6) is 5.88 Å². The summed E-state index contributed by atoms with van der Waals surface area (Å²) in [5.41, 5.74) is 0.621. The highest BCUT2D eigenvalue weighted by molar-refractivity contribution is 5.77. The van der Waals surface area contributed by atoms with Crippen molar-refractivity contribution in [3.8, 4) is 5.88 Å². The number of amides is 1. The van der Waals surface area contributed by atoms with Crippen molar-refractivity contribution in [2.24, 2.45) is 5.92 Å². The van der Waals surface area contributed by atoms with Crippen LogP contribution >= 0.6 is 0 Å². The van der Waals surface area contributed by atoms with Gasteiger partial charge in [-0.3, -0.25) is 4.79 Å². The number of methoxy groups -OCH3 is 1. The standard InChI is InChI=1S/C36H53N5O7/c1-23(2)33(34(42)44-6)30-20-31(38-48-30)39-17-14-29(15-18-39)45-27-9-11-28(12-10-27)46-32-19-24(13-16-37-32)41-25-7-8-26(41)22-40(21-25)35(43)47-36(3,4)5/h13,16,19-20,23,25-29,33H,7-12,14-15,17-18,21-22H2,1-6H3. The predicted molar refractivity (Wildman–Crippen MR) is 180 cm³/mol. The number of piperazine rings is 1. The average molecular weight is 668 g/mol. The van der Waals surface area contributed by atoms with Crippen molar-refractivity contribution in [3.63, 3.8) is 0 Å². The molecule has 4 fully saturated rings. The van der Waals surface area contributed by atoms with Crippen LogP contribution in [0.15, 0.2) is 28.9 Å². The summed E-state index contributed by atoms with van der Waals surface area (Å²) in [6.07, 6.45) is 9.98. The molecule has 3 aliphatic heterocycles. The molecule has 12 heteroatoms. The molecule has 0 spiro atoms. The van der Waals surface area contributed by atoms with Crippen LogP contribution in [0.25, 0.3) is 0 Å². The molecule has 4 aliphatic rings. The van der Waals surface area contributed by atoms with Gasteiger partial charge >= 0.3 is 12.1 Å². The fourth-order valence-corrected chi connectivity index (χ4v) is 7.79. The summed E-state index contributed by atoms with van der Waals surface area (Å²) in [5, 5.41) is 4.27. The number of fused-ring (bicyclic) bond motifs is 2. The zero-order valence-electron chi connectivity index (χ0n) is 29.4. The highest BCUT2D eigenvalue weighted by atomic mass is 16.6. The molecule has 264 valence electrons. The molecule has 3 unspecified atom stereocenters. The molecule has 2 aromatic rings. The van der Waals surface area contributed by atoms with Crippen LogP contribution in [0.2, 0.25) is 0 Å². The summed E-state index contributed by atoms with van der Waals surface area (Å²) in [7, 11) is 1.40. The number of nitrogens with zero attached hydrogens (tertiary/aromatic N) is 5. The Kier molecular flexibility index (Phi) is 10.4. The first-order valence-corrected chi connectivity index (χ1v) is 17.8. The lowest BCUT2D eigenvalue weighted by Crippen LogP contribution is -2.56. The number of carbonyl (C=O) groups is 2. The quantitative estimate of drug-likeness (QED) is 0.295. The van der Waals surface area contributed by atoms with Gasteiger partial charge in [-0.2, -0.15) is 0 Å². The van der Waals surface area contributed by atoms with Gasteiger partial charge in [-0.1, -0.05) is 19.0 Å². The second-order valence-electron chi connectivity index (χ2n) is 15.2. The third-order valence-electron chi connectivity index (χ3n) is 10.2. The Labute approximate surface area is 284 Å². The number of carbonyl (C=O) groups excluding carboxylic acids is 2. The first-order chi connectivity index (χ1) is 23.0. The Morgan fingerprint density at radius 2 is 1.56 bits per heavy atom. The number of anilines is 2. The van der Waals surface area contributed by atoms with Crippen molar-refractivity contribution in [1.29, 1.82) is 0 Å². The summed E-state index contributed by atoms with van der Waals surface area (Å²) in [5.74, 6) is 1.28. The molecule has 3 saturated heterocycles. The van der Waals surface area contributed by atoms with Gasteiger partial charge in [0.05, 0.1) is 19.3 Å². The summed E-state index contributed by atoms with van der Waals surface area (Å²) in [6, 6.07) is 6.54. The molecule has 2 bridgehead atoms. The Balaban J connectivity index is 0.943. The number of rotatable bonds is 9. The highest BCUT2D eigenvalue weighted by Crippen LogP contribution is 2.37. The SMILES string of the molecule is COC(=O)C(c1cc(N2CCC(OC3CCC(Oc4cc(N5C6CCC5CN(C(=O)OC(C)(C)C)C6)ccn4)CC3)CC2)no1)C(C)C. The molecular formula is C36H53N5O7. The Bertz CT molecular complexity index is 1380. The van der Waals surface area contributed by atoms with Gasteiger partial charge in [-0.25, -0.2) is 9.78 Å². The van der Waals surface area contributed by atoms with Crippen molar-refractivity contribution < 1.29 is 33.1 Å². The zero-order chi connectivity index (χ0) is 34.0. The number of pyridine rings is 1. The van der Waals surface area contributed by atoms with E-state index in [2.05, 4.69) is 32.1 Å². The minimum Gasteiger partial charge on any atom is -0.474 e. The largest absolute Gasteiger partial charge is 0.474 e. The van der Waals surface area contributed by atoms with E-state index in [0.29, 0.717) is 24.7 Å². The summed E-state index contributed by atoms with van der Waals surface area (Å²) in [4.78, 5) is 36.1. The molecule has 0 radical (unpaired) electrons. The number of ether oxygens (including phenoxy) is 4. The van der Waals surface area contributed by atoms with Crippen LogP contribution in [-0.4, -0.2) is 96.4 Å². The van der Waals surface area contributed by atoms with Crippen LogP contribution in [0.4, 0.5) is 16.3 Å². The van der Waals surface area contributed by atoms with Gasteiger partial charge in [0.2, 0.25) is 5.88 Å². The third kappa shape index (κ3) is 8.01. The maximum absolute atomic E-state index is 12.7. The van der Waals surface area contributed by atoms with E-state index in [-0.39, 0.29) is 48.4 Å². The lowest BCUT2D eigenvalue weighted by Gasteiger charge is -2.42. The smallest absolute Gasteiger partial charge is 0.410 e. The molecule has 5 heterocycles. The fraction of sp³-hybridized carbons (Fsp3) is 0.722. The molecule has 3 atom stereocenters. The molecule has 6 rings (SSSR count). The van der Waals surface area contributed by atoms with Crippen molar-refractivity contribution >= 4 is 23.6 Å². The van der Waals surface area contributed by atoms with Gasteiger partial charge in [-0.05, 0) is 84.1 Å². The topological polar surface area (TPSA) is 120 Å². The van der Waals surface area contributed by atoms with Crippen LogP contribution in [0, 0.1) is 5.92 Å². The number of aromatic nitrogens is 2. The number of hydrogen-bond acceptors (Lipinski definition) is 11. The summed E-state index contributed by atoms with van der Waals surface area (Å²) >= 11 is 0. The molecule has 1 aliphatic carbocycles. The van der Waals surface area contributed by atoms with Crippen molar-refractivity contribution in [2.45, 2.75) is 128 Å². The average Bonchev–Trinajstić information content (AvgIpc) is 3.63. The maximum atomic E-state index is 12.7. The lowest BCUT2D eigenvalue weighted by atomic mass is 9.93. The molecule has 1 amide bonds. The van der Waals surface area contributed by atoms with E-state index >= 15 is 0 Å². The highest BCUT2D eigenvalue weighted by Gasteiger charge is 2.43. The maximum Gasteiger partial charge on any atom is 0.410 e. The first kappa shape index (κ1) is 34.3. The van der Waals surface area contributed by atoms with Crippen LogP contribution in [0.3, 0.4) is 0 Å².